The summed E-state index contributed by atoms with van der Waals surface area (Å²) in [5, 5.41) is 14.4. The fraction of sp³-hybridized carbons (Fsp3) is 0.571. The van der Waals surface area contributed by atoms with Gasteiger partial charge >= 0.3 is 0 Å². The van der Waals surface area contributed by atoms with Crippen molar-refractivity contribution in [3.05, 3.63) is 46.1 Å². The molecule has 2 aliphatic carbocycles. The topological polar surface area (TPSA) is 48.7 Å². The monoisotopic (exact) mass is 449 g/mol. The van der Waals surface area contributed by atoms with E-state index in [0.717, 1.165) is 36.3 Å². The van der Waals surface area contributed by atoms with Crippen LogP contribution in [0.4, 0.5) is 5.69 Å². The zero-order chi connectivity index (χ0) is 22.3. The summed E-state index contributed by atoms with van der Waals surface area (Å²) in [5.41, 5.74) is 6.63. The maximum absolute atomic E-state index is 8.59. The van der Waals surface area contributed by atoms with Crippen LogP contribution in [0.25, 0.3) is 10.9 Å². The molecule has 0 saturated heterocycles. The Balaban J connectivity index is 1.37. The molecule has 1 aromatic heterocycles. The second kappa shape index (κ2) is 11.2. The Kier molecular flexibility index (Phi) is 8.09. The van der Waals surface area contributed by atoms with Gasteiger partial charge in [0.05, 0.1) is 11.6 Å². The number of hydrogen-bond acceptors (Lipinski definition) is 3. The molecule has 2 atom stereocenters. The molecule has 3 nitrogen and oxygen atoms in total. The third kappa shape index (κ3) is 5.65. The average Bonchev–Trinajstić information content (AvgIpc) is 2.76. The van der Waals surface area contributed by atoms with E-state index < -0.39 is 0 Å². The summed E-state index contributed by atoms with van der Waals surface area (Å²) >= 11 is 6.31. The minimum Gasteiger partial charge on any atom is -0.384 e. The van der Waals surface area contributed by atoms with Gasteiger partial charge in [0.1, 0.15) is 0 Å². The lowest BCUT2D eigenvalue weighted by molar-refractivity contribution is 0.433. The normalized spacial score (nSPS) is 19.3. The number of pyridine rings is 1. The molecule has 0 aliphatic heterocycles. The number of hydrogen-bond donors (Lipinski definition) is 1. The number of aromatic nitrogens is 1. The first-order valence-corrected chi connectivity index (χ1v) is 12.9. The van der Waals surface area contributed by atoms with E-state index in [0.29, 0.717) is 18.3 Å². The fourth-order valence-electron chi connectivity index (χ4n) is 5.68. The molecular formula is C28H36ClN3. The highest BCUT2D eigenvalue weighted by Gasteiger charge is 2.33. The minimum absolute atomic E-state index is 0.588. The Morgan fingerprint density at radius 2 is 1.81 bits per heavy atom. The van der Waals surface area contributed by atoms with Gasteiger partial charge in [-0.05, 0) is 69.1 Å². The van der Waals surface area contributed by atoms with Crippen molar-refractivity contribution in [3.63, 3.8) is 0 Å². The van der Waals surface area contributed by atoms with Crippen LogP contribution >= 0.6 is 11.6 Å². The number of fused-ring (bicyclic) bond motifs is 5. The molecule has 32 heavy (non-hydrogen) atoms. The van der Waals surface area contributed by atoms with Crippen molar-refractivity contribution >= 4 is 28.2 Å². The molecule has 0 radical (unpaired) electrons. The summed E-state index contributed by atoms with van der Waals surface area (Å²) in [6, 6.07) is 8.40. The van der Waals surface area contributed by atoms with E-state index in [-0.39, 0.29) is 0 Å². The number of nitrogens with one attached hydrogen (secondary N) is 1. The van der Waals surface area contributed by atoms with Crippen molar-refractivity contribution in [1.29, 1.82) is 5.26 Å². The van der Waals surface area contributed by atoms with Gasteiger partial charge in [-0.25, -0.2) is 0 Å². The third-order valence-electron chi connectivity index (χ3n) is 7.12. The van der Waals surface area contributed by atoms with Crippen LogP contribution in [0.5, 0.6) is 0 Å². The molecule has 2 bridgehead atoms. The number of rotatable bonds is 11. The highest BCUT2D eigenvalue weighted by Crippen LogP contribution is 2.47. The van der Waals surface area contributed by atoms with E-state index >= 15 is 0 Å². The van der Waals surface area contributed by atoms with E-state index in [1.807, 2.05) is 12.1 Å². The predicted molar refractivity (Wildman–Crippen MR) is 135 cm³/mol. The summed E-state index contributed by atoms with van der Waals surface area (Å²) in [4.78, 5) is 5.08. The van der Waals surface area contributed by atoms with Crippen molar-refractivity contribution < 1.29 is 0 Å². The highest BCUT2D eigenvalue weighted by atomic mass is 35.5. The van der Waals surface area contributed by atoms with Crippen molar-refractivity contribution in [3.8, 4) is 6.07 Å². The Labute approximate surface area is 198 Å². The number of benzene rings is 1. The molecule has 1 heterocycles. The maximum atomic E-state index is 8.59. The molecule has 0 unspecified atom stereocenters. The number of anilines is 1. The van der Waals surface area contributed by atoms with Crippen molar-refractivity contribution in [2.45, 2.75) is 89.9 Å². The van der Waals surface area contributed by atoms with Crippen molar-refractivity contribution in [2.75, 3.05) is 11.9 Å². The second-order valence-electron chi connectivity index (χ2n) is 9.79. The van der Waals surface area contributed by atoms with Gasteiger partial charge in [0, 0.05) is 40.3 Å². The zero-order valence-electron chi connectivity index (χ0n) is 19.4. The van der Waals surface area contributed by atoms with Crippen LogP contribution in [-0.4, -0.2) is 11.5 Å². The number of nitriles is 1. The van der Waals surface area contributed by atoms with E-state index in [2.05, 4.69) is 30.5 Å². The number of allylic oxidation sites excluding steroid dienone is 2. The Morgan fingerprint density at radius 3 is 2.59 bits per heavy atom. The van der Waals surface area contributed by atoms with E-state index in [1.54, 1.807) is 0 Å². The number of nitrogens with zero attached hydrogens (tertiary/aromatic N) is 2. The van der Waals surface area contributed by atoms with Gasteiger partial charge in [-0.2, -0.15) is 5.26 Å². The van der Waals surface area contributed by atoms with Crippen molar-refractivity contribution in [2.24, 2.45) is 5.92 Å². The number of halogens is 1. The molecule has 170 valence electrons. The van der Waals surface area contributed by atoms with Gasteiger partial charge in [0.25, 0.3) is 0 Å². The maximum Gasteiger partial charge on any atom is 0.0741 e. The van der Waals surface area contributed by atoms with Gasteiger partial charge in [0.2, 0.25) is 0 Å². The molecule has 4 heteroatoms. The van der Waals surface area contributed by atoms with Gasteiger partial charge < -0.3 is 5.32 Å². The lowest BCUT2D eigenvalue weighted by Crippen LogP contribution is -2.24. The molecule has 0 fully saturated rings. The van der Waals surface area contributed by atoms with Crippen LogP contribution in [0.15, 0.2) is 29.8 Å². The molecule has 4 rings (SSSR count). The molecule has 2 aromatic rings. The minimum atomic E-state index is 0.588. The van der Waals surface area contributed by atoms with Gasteiger partial charge in [-0.1, -0.05) is 61.8 Å². The number of unbranched alkanes of at least 4 members (excludes halogenated alkanes) is 8. The highest BCUT2D eigenvalue weighted by molar-refractivity contribution is 6.31. The van der Waals surface area contributed by atoms with Crippen LogP contribution < -0.4 is 5.32 Å². The first-order valence-electron chi connectivity index (χ1n) is 12.6. The Bertz CT molecular complexity index is 1000. The first-order chi connectivity index (χ1) is 15.7. The lowest BCUT2D eigenvalue weighted by Gasteiger charge is -2.36. The standard InChI is InChI=1S/C28H36ClN3/c1-20-15-21-17-22(16-20)27-26(18-21)32-25-19-23(29)11-12-24(25)28(27)31-14-10-8-6-4-2-3-5-7-9-13-30/h11-12,15,19,21-22H,2-10,14,16-18H2,1H3,(H,31,32)/t21-,22+/m0/s1. The third-order valence-corrected chi connectivity index (χ3v) is 7.36. The summed E-state index contributed by atoms with van der Waals surface area (Å²) in [5.74, 6) is 1.22. The second-order valence-corrected chi connectivity index (χ2v) is 10.2. The van der Waals surface area contributed by atoms with E-state index in [9.17, 15) is 0 Å². The van der Waals surface area contributed by atoms with Crippen LogP contribution in [0, 0.1) is 17.2 Å². The largest absolute Gasteiger partial charge is 0.384 e. The smallest absolute Gasteiger partial charge is 0.0741 e. The van der Waals surface area contributed by atoms with Gasteiger partial charge in [0.15, 0.2) is 0 Å². The molecule has 1 aromatic carbocycles. The molecule has 0 spiro atoms. The predicted octanol–water partition coefficient (Wildman–Crippen LogP) is 8.33. The average molecular weight is 450 g/mol. The Morgan fingerprint density at radius 1 is 1.06 bits per heavy atom. The molecular weight excluding hydrogens is 414 g/mol. The van der Waals surface area contributed by atoms with Gasteiger partial charge in [-0.3, -0.25) is 4.98 Å². The lowest BCUT2D eigenvalue weighted by atomic mass is 9.71. The summed E-state index contributed by atoms with van der Waals surface area (Å²) < 4.78 is 0. The van der Waals surface area contributed by atoms with Crippen LogP contribution in [0.2, 0.25) is 5.02 Å². The summed E-state index contributed by atoms with van der Waals surface area (Å²) in [6.07, 6.45) is 16.6. The summed E-state index contributed by atoms with van der Waals surface area (Å²) in [7, 11) is 0. The SMILES string of the molecule is CC1=C[C@@H]2Cc3nc4cc(Cl)ccc4c(NCCCCCCCCCCC#N)c3[C@H](C1)C2. The Hall–Kier alpha value is -2.05. The van der Waals surface area contributed by atoms with E-state index in [1.165, 1.54) is 79.3 Å². The van der Waals surface area contributed by atoms with Crippen LogP contribution in [0.3, 0.4) is 0 Å². The van der Waals surface area contributed by atoms with Crippen molar-refractivity contribution in [1.82, 2.24) is 4.98 Å². The fourth-order valence-corrected chi connectivity index (χ4v) is 5.85. The molecule has 1 N–H and O–H groups in total. The molecule has 0 saturated carbocycles. The van der Waals surface area contributed by atoms with Crippen LogP contribution in [0.1, 0.15) is 94.7 Å². The van der Waals surface area contributed by atoms with Crippen LogP contribution in [-0.2, 0) is 6.42 Å². The molecule has 0 amide bonds. The van der Waals surface area contributed by atoms with E-state index in [4.69, 9.17) is 21.8 Å². The summed E-state index contributed by atoms with van der Waals surface area (Å²) in [6.45, 7) is 3.30. The quantitative estimate of drug-likeness (QED) is 0.277. The molecule has 2 aliphatic rings. The van der Waals surface area contributed by atoms with Gasteiger partial charge in [-0.15, -0.1) is 0 Å². The zero-order valence-corrected chi connectivity index (χ0v) is 20.2. The first kappa shape index (κ1) is 23.1.